The first kappa shape index (κ1) is 20.8. The van der Waals surface area contributed by atoms with E-state index < -0.39 is 0 Å². The standard InChI is InChI=1S/C21H39N5O/c1-16(2)13-26-15-21(11-19(26)27)7-5-17(6-8-21)20-18(12-23-24-20)14-25(4)10-9-22-3/h12,16-17,19,22,27H,5-11,13-15H2,1-4H3,(H,23,24)/t17-,19?,21-. The first-order valence-electron chi connectivity index (χ1n) is 10.7. The first-order valence-corrected chi connectivity index (χ1v) is 10.7. The number of aromatic amines is 1. The van der Waals surface area contributed by atoms with Crippen LogP contribution in [-0.4, -0.2) is 71.6 Å². The molecular weight excluding hydrogens is 338 g/mol. The number of H-pyrrole nitrogens is 1. The summed E-state index contributed by atoms with van der Waals surface area (Å²) in [5.41, 5.74) is 2.95. The fraction of sp³-hybridized carbons (Fsp3) is 0.857. The zero-order chi connectivity index (χ0) is 19.4. The molecule has 0 bridgehead atoms. The summed E-state index contributed by atoms with van der Waals surface area (Å²) < 4.78 is 0. The van der Waals surface area contributed by atoms with Gasteiger partial charge in [0, 0.05) is 50.4 Å². The van der Waals surface area contributed by atoms with Crippen LogP contribution in [0, 0.1) is 11.3 Å². The summed E-state index contributed by atoms with van der Waals surface area (Å²) in [7, 11) is 4.17. The third kappa shape index (κ3) is 5.11. The maximum Gasteiger partial charge on any atom is 0.108 e. The number of likely N-dealkylation sites (tertiary alicyclic amines) is 1. The molecule has 2 fully saturated rings. The van der Waals surface area contributed by atoms with Gasteiger partial charge in [-0.25, -0.2) is 0 Å². The molecule has 1 aromatic heterocycles. The second kappa shape index (κ2) is 9.03. The van der Waals surface area contributed by atoms with Crippen LogP contribution < -0.4 is 5.32 Å². The van der Waals surface area contributed by atoms with E-state index in [2.05, 4.69) is 52.4 Å². The smallest absolute Gasteiger partial charge is 0.108 e. The van der Waals surface area contributed by atoms with Crippen LogP contribution in [0.5, 0.6) is 0 Å². The van der Waals surface area contributed by atoms with Gasteiger partial charge in [0.2, 0.25) is 0 Å². The molecular formula is C21H39N5O. The van der Waals surface area contributed by atoms with Crippen molar-refractivity contribution >= 4 is 0 Å². The van der Waals surface area contributed by atoms with Gasteiger partial charge in [-0.05, 0) is 57.5 Å². The van der Waals surface area contributed by atoms with Crippen molar-refractivity contribution in [2.75, 3.05) is 40.3 Å². The second-order valence-electron chi connectivity index (χ2n) is 9.42. The molecule has 1 unspecified atom stereocenters. The Balaban J connectivity index is 1.56. The number of nitrogens with zero attached hydrogens (tertiary/aromatic N) is 3. The number of hydrogen-bond donors (Lipinski definition) is 3. The van der Waals surface area contributed by atoms with Crippen molar-refractivity contribution in [2.24, 2.45) is 11.3 Å². The van der Waals surface area contributed by atoms with Crippen LogP contribution in [0.25, 0.3) is 0 Å². The van der Waals surface area contributed by atoms with E-state index in [1.807, 2.05) is 7.05 Å². The maximum atomic E-state index is 10.5. The van der Waals surface area contributed by atoms with Crippen LogP contribution in [0.1, 0.15) is 63.1 Å². The number of rotatable bonds is 8. The van der Waals surface area contributed by atoms with Crippen LogP contribution in [0.4, 0.5) is 0 Å². The van der Waals surface area contributed by atoms with Crippen LogP contribution in [-0.2, 0) is 6.54 Å². The van der Waals surface area contributed by atoms with Gasteiger partial charge in [0.25, 0.3) is 0 Å². The fourth-order valence-electron chi connectivity index (χ4n) is 5.12. The highest BCUT2D eigenvalue weighted by molar-refractivity contribution is 5.21. The highest BCUT2D eigenvalue weighted by Gasteiger charge is 2.45. The van der Waals surface area contributed by atoms with E-state index in [9.17, 15) is 5.11 Å². The van der Waals surface area contributed by atoms with Crippen molar-refractivity contribution < 1.29 is 5.11 Å². The molecule has 0 radical (unpaired) electrons. The Morgan fingerprint density at radius 2 is 2.15 bits per heavy atom. The molecule has 154 valence electrons. The predicted molar refractivity (Wildman–Crippen MR) is 110 cm³/mol. The Hall–Kier alpha value is -0.950. The Labute approximate surface area is 164 Å². The highest BCUT2D eigenvalue weighted by Crippen LogP contribution is 2.49. The summed E-state index contributed by atoms with van der Waals surface area (Å²) in [6, 6.07) is 0. The van der Waals surface area contributed by atoms with Crippen LogP contribution >= 0.6 is 0 Å². The van der Waals surface area contributed by atoms with Crippen LogP contribution in [0.2, 0.25) is 0 Å². The number of likely N-dealkylation sites (N-methyl/N-ethyl adjacent to an activating group) is 2. The topological polar surface area (TPSA) is 67.4 Å². The van der Waals surface area contributed by atoms with E-state index >= 15 is 0 Å². The minimum Gasteiger partial charge on any atom is -0.378 e. The Kier molecular flexibility index (Phi) is 6.95. The minimum absolute atomic E-state index is 0.245. The fourth-order valence-corrected chi connectivity index (χ4v) is 5.12. The van der Waals surface area contributed by atoms with Gasteiger partial charge in [-0.15, -0.1) is 0 Å². The van der Waals surface area contributed by atoms with Gasteiger partial charge in [-0.3, -0.25) is 10.00 Å². The average molecular weight is 378 g/mol. The molecule has 2 aliphatic rings. The Bertz CT molecular complexity index is 579. The maximum absolute atomic E-state index is 10.5. The summed E-state index contributed by atoms with van der Waals surface area (Å²) >= 11 is 0. The van der Waals surface area contributed by atoms with E-state index in [0.29, 0.717) is 17.3 Å². The molecule has 6 heteroatoms. The first-order chi connectivity index (χ1) is 12.9. The Morgan fingerprint density at radius 3 is 2.81 bits per heavy atom. The summed E-state index contributed by atoms with van der Waals surface area (Å²) in [6.07, 6.45) is 7.61. The predicted octanol–water partition coefficient (Wildman–Crippen LogP) is 2.38. The lowest BCUT2D eigenvalue weighted by atomic mass is 9.69. The molecule has 2 heterocycles. The molecule has 3 rings (SSSR count). The average Bonchev–Trinajstić information content (AvgIpc) is 3.18. The molecule has 0 amide bonds. The lowest BCUT2D eigenvalue weighted by molar-refractivity contribution is 0.0307. The third-order valence-electron chi connectivity index (χ3n) is 6.54. The van der Waals surface area contributed by atoms with E-state index in [1.54, 1.807) is 0 Å². The second-order valence-corrected chi connectivity index (χ2v) is 9.42. The molecule has 1 saturated carbocycles. The molecule has 27 heavy (non-hydrogen) atoms. The van der Waals surface area contributed by atoms with Crippen LogP contribution in [0.15, 0.2) is 6.20 Å². The number of aliphatic hydroxyl groups is 1. The van der Waals surface area contributed by atoms with Crippen molar-refractivity contribution in [1.29, 1.82) is 0 Å². The molecule has 1 aromatic rings. The molecule has 6 nitrogen and oxygen atoms in total. The van der Waals surface area contributed by atoms with Gasteiger partial charge >= 0.3 is 0 Å². The van der Waals surface area contributed by atoms with E-state index in [0.717, 1.165) is 39.1 Å². The zero-order valence-electron chi connectivity index (χ0n) is 17.7. The van der Waals surface area contributed by atoms with Crippen molar-refractivity contribution in [3.8, 4) is 0 Å². The zero-order valence-corrected chi connectivity index (χ0v) is 17.7. The number of nitrogens with one attached hydrogen (secondary N) is 2. The molecule has 0 aromatic carbocycles. The molecule has 1 spiro atoms. The molecule has 1 aliphatic heterocycles. The van der Waals surface area contributed by atoms with Gasteiger partial charge < -0.3 is 15.3 Å². The quantitative estimate of drug-likeness (QED) is 0.649. The van der Waals surface area contributed by atoms with E-state index in [-0.39, 0.29) is 6.23 Å². The normalized spacial score (nSPS) is 29.4. The van der Waals surface area contributed by atoms with E-state index in [4.69, 9.17) is 0 Å². The largest absolute Gasteiger partial charge is 0.378 e. The molecule has 1 saturated heterocycles. The molecule has 3 N–H and O–H groups in total. The minimum atomic E-state index is -0.245. The highest BCUT2D eigenvalue weighted by atomic mass is 16.3. The number of aliphatic hydroxyl groups excluding tert-OH is 1. The number of aromatic nitrogens is 2. The Morgan fingerprint density at radius 1 is 1.41 bits per heavy atom. The van der Waals surface area contributed by atoms with Gasteiger partial charge in [0.15, 0.2) is 0 Å². The van der Waals surface area contributed by atoms with Crippen molar-refractivity contribution in [3.05, 3.63) is 17.5 Å². The van der Waals surface area contributed by atoms with E-state index in [1.165, 1.54) is 36.9 Å². The number of hydrogen-bond acceptors (Lipinski definition) is 5. The molecule has 1 atom stereocenters. The molecule has 1 aliphatic carbocycles. The van der Waals surface area contributed by atoms with Gasteiger partial charge in [0.05, 0.1) is 5.69 Å². The van der Waals surface area contributed by atoms with Gasteiger partial charge in [0.1, 0.15) is 6.23 Å². The lowest BCUT2D eigenvalue weighted by Gasteiger charge is -2.37. The lowest BCUT2D eigenvalue weighted by Crippen LogP contribution is -2.35. The third-order valence-corrected chi connectivity index (χ3v) is 6.54. The summed E-state index contributed by atoms with van der Waals surface area (Å²) in [6.45, 7) is 9.55. The van der Waals surface area contributed by atoms with Crippen molar-refractivity contribution in [3.63, 3.8) is 0 Å². The van der Waals surface area contributed by atoms with Gasteiger partial charge in [-0.1, -0.05) is 13.8 Å². The van der Waals surface area contributed by atoms with Gasteiger partial charge in [-0.2, -0.15) is 5.10 Å². The summed E-state index contributed by atoms with van der Waals surface area (Å²) in [5, 5.41) is 21.5. The van der Waals surface area contributed by atoms with Crippen molar-refractivity contribution in [1.82, 2.24) is 25.3 Å². The summed E-state index contributed by atoms with van der Waals surface area (Å²) in [5.74, 6) is 1.17. The van der Waals surface area contributed by atoms with Crippen molar-refractivity contribution in [2.45, 2.75) is 64.6 Å². The summed E-state index contributed by atoms with van der Waals surface area (Å²) in [4.78, 5) is 4.66. The monoisotopic (exact) mass is 377 g/mol. The SMILES string of the molecule is CNCCN(C)Cc1c[nH]nc1[C@H]1CC[C@]2(CC1)CC(O)N(CC(C)C)C2. The van der Waals surface area contributed by atoms with Crippen LogP contribution in [0.3, 0.4) is 0 Å².